The summed E-state index contributed by atoms with van der Waals surface area (Å²) in [5, 5.41) is 3.41. The fourth-order valence-corrected chi connectivity index (χ4v) is 4.06. The lowest BCUT2D eigenvalue weighted by Crippen LogP contribution is -2.35. The summed E-state index contributed by atoms with van der Waals surface area (Å²) in [5.74, 6) is 1.58. The number of likely N-dealkylation sites (tertiary alicyclic amines) is 1. The van der Waals surface area contributed by atoms with Crippen LogP contribution in [0.25, 0.3) is 0 Å². The Kier molecular flexibility index (Phi) is 6.91. The van der Waals surface area contributed by atoms with E-state index in [0.29, 0.717) is 30.2 Å². The number of nitrogens with zero attached hydrogens (tertiary/aromatic N) is 1. The molecule has 2 aliphatic heterocycles. The molecule has 3 nitrogen and oxygen atoms in total. The Bertz CT molecular complexity index is 487. The monoisotopic (exact) mass is 336 g/mol. The largest absolute Gasteiger partial charge is 0.336 e. The molecule has 0 spiro atoms. The minimum Gasteiger partial charge on any atom is -0.336 e. The van der Waals surface area contributed by atoms with Crippen LogP contribution in [0, 0.1) is 11.8 Å². The molecule has 4 heteroatoms. The van der Waals surface area contributed by atoms with Crippen molar-refractivity contribution in [3.8, 4) is 0 Å². The lowest BCUT2D eigenvalue weighted by molar-refractivity contribution is -0.133. The van der Waals surface area contributed by atoms with Crippen molar-refractivity contribution in [3.63, 3.8) is 0 Å². The number of halogens is 1. The van der Waals surface area contributed by atoms with E-state index in [4.69, 9.17) is 0 Å². The third kappa shape index (κ3) is 4.48. The molecule has 0 radical (unpaired) electrons. The number of rotatable bonds is 4. The average Bonchev–Trinajstić information content (AvgIpc) is 3.06. The molecule has 2 atom stereocenters. The first kappa shape index (κ1) is 18.3. The Labute approximate surface area is 146 Å². The molecule has 2 saturated heterocycles. The summed E-state index contributed by atoms with van der Waals surface area (Å²) in [6.07, 6.45) is 5.39. The van der Waals surface area contributed by atoms with Gasteiger partial charge in [0.1, 0.15) is 0 Å². The molecule has 1 aromatic carbocycles. The van der Waals surface area contributed by atoms with Crippen molar-refractivity contribution in [1.82, 2.24) is 10.2 Å². The van der Waals surface area contributed by atoms with Gasteiger partial charge in [0.25, 0.3) is 0 Å². The first-order valence-electron chi connectivity index (χ1n) is 8.81. The van der Waals surface area contributed by atoms with Crippen molar-refractivity contribution >= 4 is 18.3 Å². The number of hydrogen-bond donors (Lipinski definition) is 1. The Morgan fingerprint density at radius 2 is 1.91 bits per heavy atom. The van der Waals surface area contributed by atoms with Crippen molar-refractivity contribution in [2.75, 3.05) is 19.6 Å². The molecule has 0 bridgehead atoms. The van der Waals surface area contributed by atoms with Crippen molar-refractivity contribution < 1.29 is 4.79 Å². The fraction of sp³-hybridized carbons (Fsp3) is 0.632. The van der Waals surface area contributed by atoms with E-state index in [9.17, 15) is 4.79 Å². The van der Waals surface area contributed by atoms with Gasteiger partial charge in [-0.25, -0.2) is 0 Å². The molecule has 0 aliphatic carbocycles. The number of nitrogens with one attached hydrogen (secondary N) is 1. The molecule has 1 amide bonds. The van der Waals surface area contributed by atoms with E-state index in [0.717, 1.165) is 32.5 Å². The van der Waals surface area contributed by atoms with E-state index >= 15 is 0 Å². The first-order valence-corrected chi connectivity index (χ1v) is 8.81. The summed E-state index contributed by atoms with van der Waals surface area (Å²) in [7, 11) is 0. The molecule has 1 N–H and O–H groups in total. The summed E-state index contributed by atoms with van der Waals surface area (Å²) in [6, 6.07) is 10.8. The number of piperidine rings is 1. The predicted molar refractivity (Wildman–Crippen MR) is 96.8 cm³/mol. The molecule has 0 saturated carbocycles. The molecule has 1 aromatic rings. The quantitative estimate of drug-likeness (QED) is 0.907. The van der Waals surface area contributed by atoms with Gasteiger partial charge in [-0.1, -0.05) is 37.3 Å². The Balaban J connectivity index is 0.00000192. The SMILES string of the molecule is CC(CC(=O)N1CCCC1c1ccccc1)C1CCNCC1.Cl. The van der Waals surface area contributed by atoms with Crippen LogP contribution in [-0.2, 0) is 4.79 Å². The lowest BCUT2D eigenvalue weighted by Gasteiger charge is -2.31. The zero-order valence-electron chi connectivity index (χ0n) is 14.0. The van der Waals surface area contributed by atoms with Crippen LogP contribution >= 0.6 is 12.4 Å². The Hall–Kier alpha value is -1.06. The Morgan fingerprint density at radius 3 is 2.61 bits per heavy atom. The van der Waals surface area contributed by atoms with E-state index in [2.05, 4.69) is 41.4 Å². The first-order chi connectivity index (χ1) is 10.8. The number of benzene rings is 1. The standard InChI is InChI=1S/C19H28N2O.ClH/c1-15(16-9-11-20-12-10-16)14-19(22)21-13-5-8-18(21)17-6-3-2-4-7-17;/h2-4,6-7,15-16,18,20H,5,8-14H2,1H3;1H. The molecule has 2 heterocycles. The molecule has 2 fully saturated rings. The second-order valence-corrected chi connectivity index (χ2v) is 6.92. The summed E-state index contributed by atoms with van der Waals surface area (Å²) >= 11 is 0. The van der Waals surface area contributed by atoms with Crippen LogP contribution in [0.4, 0.5) is 0 Å². The zero-order valence-corrected chi connectivity index (χ0v) is 14.9. The molecule has 23 heavy (non-hydrogen) atoms. The summed E-state index contributed by atoms with van der Waals surface area (Å²) in [5.41, 5.74) is 1.29. The Morgan fingerprint density at radius 1 is 1.22 bits per heavy atom. The van der Waals surface area contributed by atoms with Gasteiger partial charge in [-0.15, -0.1) is 12.4 Å². The average molecular weight is 337 g/mol. The van der Waals surface area contributed by atoms with Crippen LogP contribution < -0.4 is 5.32 Å². The van der Waals surface area contributed by atoms with Gasteiger partial charge in [0, 0.05) is 13.0 Å². The summed E-state index contributed by atoms with van der Waals surface area (Å²) < 4.78 is 0. The minimum atomic E-state index is 0. The minimum absolute atomic E-state index is 0. The van der Waals surface area contributed by atoms with E-state index in [1.54, 1.807) is 0 Å². The summed E-state index contributed by atoms with van der Waals surface area (Å²) in [4.78, 5) is 14.9. The molecular weight excluding hydrogens is 308 g/mol. The number of hydrogen-bond acceptors (Lipinski definition) is 2. The highest BCUT2D eigenvalue weighted by Crippen LogP contribution is 2.34. The molecule has 3 rings (SSSR count). The highest BCUT2D eigenvalue weighted by atomic mass is 35.5. The highest BCUT2D eigenvalue weighted by Gasteiger charge is 2.31. The third-order valence-electron chi connectivity index (χ3n) is 5.44. The smallest absolute Gasteiger partial charge is 0.223 e. The van der Waals surface area contributed by atoms with Crippen LogP contribution in [-0.4, -0.2) is 30.4 Å². The number of carbonyl (C=O) groups excluding carboxylic acids is 1. The van der Waals surface area contributed by atoms with E-state index in [1.807, 2.05) is 6.07 Å². The van der Waals surface area contributed by atoms with Crippen LogP contribution in [0.2, 0.25) is 0 Å². The molecule has 2 unspecified atom stereocenters. The zero-order chi connectivity index (χ0) is 15.4. The maximum atomic E-state index is 12.8. The predicted octanol–water partition coefficient (Wildman–Crippen LogP) is 3.80. The van der Waals surface area contributed by atoms with Gasteiger partial charge in [-0.2, -0.15) is 0 Å². The van der Waals surface area contributed by atoms with Gasteiger partial charge in [0.15, 0.2) is 0 Å². The van der Waals surface area contributed by atoms with Crippen LogP contribution in [0.5, 0.6) is 0 Å². The van der Waals surface area contributed by atoms with Gasteiger partial charge in [-0.05, 0) is 56.2 Å². The van der Waals surface area contributed by atoms with Crippen molar-refractivity contribution in [1.29, 1.82) is 0 Å². The second kappa shape index (κ2) is 8.70. The number of amides is 1. The van der Waals surface area contributed by atoms with Crippen molar-refractivity contribution in [2.45, 2.75) is 45.1 Å². The van der Waals surface area contributed by atoms with Crippen LogP contribution in [0.1, 0.15) is 50.6 Å². The molecular formula is C19H29ClN2O. The summed E-state index contributed by atoms with van der Waals surface area (Å²) in [6.45, 7) is 5.41. The van der Waals surface area contributed by atoms with Crippen molar-refractivity contribution in [3.05, 3.63) is 35.9 Å². The molecule has 128 valence electrons. The van der Waals surface area contributed by atoms with E-state index < -0.39 is 0 Å². The fourth-order valence-electron chi connectivity index (χ4n) is 4.06. The molecule has 0 aromatic heterocycles. The van der Waals surface area contributed by atoms with Crippen LogP contribution in [0.3, 0.4) is 0 Å². The third-order valence-corrected chi connectivity index (χ3v) is 5.44. The maximum Gasteiger partial charge on any atom is 0.223 e. The second-order valence-electron chi connectivity index (χ2n) is 6.92. The van der Waals surface area contributed by atoms with Gasteiger partial charge in [0.2, 0.25) is 5.91 Å². The van der Waals surface area contributed by atoms with Gasteiger partial charge in [-0.3, -0.25) is 4.79 Å². The highest BCUT2D eigenvalue weighted by molar-refractivity contribution is 5.85. The number of carbonyl (C=O) groups is 1. The normalized spacial score (nSPS) is 23.3. The lowest BCUT2D eigenvalue weighted by atomic mass is 9.84. The van der Waals surface area contributed by atoms with Crippen LogP contribution in [0.15, 0.2) is 30.3 Å². The molecule has 2 aliphatic rings. The van der Waals surface area contributed by atoms with E-state index in [1.165, 1.54) is 18.4 Å². The topological polar surface area (TPSA) is 32.3 Å². The maximum absolute atomic E-state index is 12.8. The van der Waals surface area contributed by atoms with Gasteiger partial charge >= 0.3 is 0 Å². The van der Waals surface area contributed by atoms with Gasteiger partial charge < -0.3 is 10.2 Å². The van der Waals surface area contributed by atoms with Crippen molar-refractivity contribution in [2.24, 2.45) is 11.8 Å². The van der Waals surface area contributed by atoms with E-state index in [-0.39, 0.29) is 12.4 Å². The van der Waals surface area contributed by atoms with Gasteiger partial charge in [0.05, 0.1) is 6.04 Å².